The van der Waals surface area contributed by atoms with Crippen LogP contribution in [-0.2, 0) is 14.8 Å². The van der Waals surface area contributed by atoms with E-state index in [-0.39, 0.29) is 52.4 Å². The molecule has 1 aliphatic heterocycles. The summed E-state index contributed by atoms with van der Waals surface area (Å²) in [6.07, 6.45) is 0. The molecule has 2 amide bonds. The van der Waals surface area contributed by atoms with Gasteiger partial charge in [0.1, 0.15) is 4.90 Å². The number of sulfonamides is 1. The van der Waals surface area contributed by atoms with Crippen LogP contribution in [0.5, 0.6) is 0 Å². The molecule has 154 valence electrons. The number of hydrogen-bond donors (Lipinski definition) is 2. The molecule has 1 aliphatic rings. The number of halogens is 2. The molecule has 2 aromatic carbocycles. The Morgan fingerprint density at radius 3 is 2.24 bits per heavy atom. The first-order valence-corrected chi connectivity index (χ1v) is 10.7. The van der Waals surface area contributed by atoms with Crippen LogP contribution in [-0.4, -0.2) is 50.8 Å². The second-order valence-corrected chi connectivity index (χ2v) is 8.90. The highest BCUT2D eigenvalue weighted by Crippen LogP contribution is 2.31. The van der Waals surface area contributed by atoms with Crippen LogP contribution >= 0.6 is 23.2 Å². The van der Waals surface area contributed by atoms with E-state index < -0.39 is 21.8 Å². The maximum atomic E-state index is 12.9. The van der Waals surface area contributed by atoms with E-state index in [1.807, 2.05) is 0 Å². The number of carbonyl (C=O) groups is 2. The lowest BCUT2D eigenvalue weighted by atomic mass is 10.1. The number of benzene rings is 2. The standard InChI is InChI=1S/C18H17Cl2N3O5S/c19-14-10-15(20)16(29(26,27)23-5-7-28-8-6-23)9-13(14)18(25)22-12-3-1-11(2-4-12)17(21)24/h1-4,9-10H,5-8H2,(H2,21,24)(H,22,25). The summed E-state index contributed by atoms with van der Waals surface area (Å²) in [5.74, 6) is -1.22. The monoisotopic (exact) mass is 457 g/mol. The van der Waals surface area contributed by atoms with Gasteiger partial charge in [-0.3, -0.25) is 9.59 Å². The fraction of sp³-hybridized carbons (Fsp3) is 0.222. The molecule has 11 heteroatoms. The van der Waals surface area contributed by atoms with E-state index in [0.29, 0.717) is 5.69 Å². The minimum atomic E-state index is -3.92. The van der Waals surface area contributed by atoms with Crippen molar-refractivity contribution >= 4 is 50.7 Å². The average molecular weight is 458 g/mol. The second-order valence-electron chi connectivity index (χ2n) is 6.17. The van der Waals surface area contributed by atoms with E-state index >= 15 is 0 Å². The van der Waals surface area contributed by atoms with Crippen LogP contribution in [0.3, 0.4) is 0 Å². The summed E-state index contributed by atoms with van der Waals surface area (Å²) in [5, 5.41) is 2.52. The van der Waals surface area contributed by atoms with Crippen LogP contribution in [0, 0.1) is 0 Å². The maximum Gasteiger partial charge on any atom is 0.257 e. The van der Waals surface area contributed by atoms with E-state index in [1.165, 1.54) is 34.6 Å². The Kier molecular flexibility index (Phi) is 6.45. The number of anilines is 1. The highest BCUT2D eigenvalue weighted by atomic mass is 35.5. The quantitative estimate of drug-likeness (QED) is 0.713. The number of primary amides is 1. The molecule has 0 spiro atoms. The predicted octanol–water partition coefficient (Wildman–Crippen LogP) is 2.37. The maximum absolute atomic E-state index is 12.9. The SMILES string of the molecule is NC(=O)c1ccc(NC(=O)c2cc(S(=O)(=O)N3CCOCC3)c(Cl)cc2Cl)cc1. The smallest absolute Gasteiger partial charge is 0.257 e. The lowest BCUT2D eigenvalue weighted by Crippen LogP contribution is -2.40. The molecule has 0 atom stereocenters. The van der Waals surface area contributed by atoms with E-state index in [0.717, 1.165) is 6.07 Å². The first kappa shape index (κ1) is 21.5. The molecule has 1 saturated heterocycles. The summed E-state index contributed by atoms with van der Waals surface area (Å²) >= 11 is 12.3. The Labute approximate surface area is 177 Å². The molecule has 1 fully saturated rings. The van der Waals surface area contributed by atoms with Crippen molar-refractivity contribution in [2.45, 2.75) is 4.90 Å². The van der Waals surface area contributed by atoms with Gasteiger partial charge in [-0.2, -0.15) is 4.31 Å². The van der Waals surface area contributed by atoms with Crippen LogP contribution < -0.4 is 11.1 Å². The molecule has 2 aromatic rings. The predicted molar refractivity (Wildman–Crippen MR) is 109 cm³/mol. The highest BCUT2D eigenvalue weighted by Gasteiger charge is 2.30. The van der Waals surface area contributed by atoms with E-state index in [9.17, 15) is 18.0 Å². The zero-order valence-electron chi connectivity index (χ0n) is 15.0. The number of amides is 2. The van der Waals surface area contributed by atoms with Crippen LogP contribution in [0.4, 0.5) is 5.69 Å². The normalized spacial score (nSPS) is 15.1. The summed E-state index contributed by atoms with van der Waals surface area (Å²) in [7, 11) is -3.92. The third-order valence-electron chi connectivity index (χ3n) is 4.28. The molecule has 0 radical (unpaired) electrons. The van der Waals surface area contributed by atoms with Gasteiger partial charge in [0.2, 0.25) is 15.9 Å². The highest BCUT2D eigenvalue weighted by molar-refractivity contribution is 7.89. The van der Waals surface area contributed by atoms with Gasteiger partial charge in [-0.15, -0.1) is 0 Å². The zero-order chi connectivity index (χ0) is 21.2. The number of hydrogen-bond acceptors (Lipinski definition) is 5. The van der Waals surface area contributed by atoms with Gasteiger partial charge in [-0.25, -0.2) is 8.42 Å². The molecule has 0 aliphatic carbocycles. The lowest BCUT2D eigenvalue weighted by Gasteiger charge is -2.26. The Hall–Kier alpha value is -2.17. The fourth-order valence-electron chi connectivity index (χ4n) is 2.74. The molecule has 8 nitrogen and oxygen atoms in total. The molecule has 0 bridgehead atoms. The van der Waals surface area contributed by atoms with Crippen molar-refractivity contribution in [2.24, 2.45) is 5.73 Å². The Morgan fingerprint density at radius 2 is 1.66 bits per heavy atom. The minimum Gasteiger partial charge on any atom is -0.379 e. The molecule has 3 N–H and O–H groups in total. The topological polar surface area (TPSA) is 119 Å². The molecular formula is C18H17Cl2N3O5S. The largest absolute Gasteiger partial charge is 0.379 e. The van der Waals surface area contributed by atoms with Crippen molar-refractivity contribution in [3.63, 3.8) is 0 Å². The van der Waals surface area contributed by atoms with Gasteiger partial charge in [0.15, 0.2) is 0 Å². The third kappa shape index (κ3) is 4.71. The van der Waals surface area contributed by atoms with Crippen molar-refractivity contribution < 1.29 is 22.7 Å². The van der Waals surface area contributed by atoms with Gasteiger partial charge in [0.25, 0.3) is 5.91 Å². The number of morpholine rings is 1. The summed E-state index contributed by atoms with van der Waals surface area (Å²) in [6, 6.07) is 8.27. The third-order valence-corrected chi connectivity index (χ3v) is 6.96. The van der Waals surface area contributed by atoms with E-state index in [1.54, 1.807) is 0 Å². The van der Waals surface area contributed by atoms with Gasteiger partial charge in [-0.05, 0) is 36.4 Å². The van der Waals surface area contributed by atoms with Gasteiger partial charge < -0.3 is 15.8 Å². The summed E-state index contributed by atoms with van der Waals surface area (Å²) in [5.41, 5.74) is 5.79. The van der Waals surface area contributed by atoms with E-state index in [2.05, 4.69) is 5.32 Å². The van der Waals surface area contributed by atoms with Crippen molar-refractivity contribution in [3.8, 4) is 0 Å². The minimum absolute atomic E-state index is 0.00202. The van der Waals surface area contributed by atoms with E-state index in [4.69, 9.17) is 33.7 Å². The number of nitrogens with zero attached hydrogens (tertiary/aromatic N) is 1. The number of nitrogens with one attached hydrogen (secondary N) is 1. The molecule has 1 heterocycles. The molecule has 29 heavy (non-hydrogen) atoms. The van der Waals surface area contributed by atoms with Crippen LogP contribution in [0.25, 0.3) is 0 Å². The van der Waals surface area contributed by atoms with Gasteiger partial charge >= 0.3 is 0 Å². The molecular weight excluding hydrogens is 441 g/mol. The van der Waals surface area contributed by atoms with Gasteiger partial charge in [0, 0.05) is 24.3 Å². The first-order valence-electron chi connectivity index (χ1n) is 8.48. The molecule has 3 rings (SSSR count). The van der Waals surface area contributed by atoms with Crippen LogP contribution in [0.1, 0.15) is 20.7 Å². The summed E-state index contributed by atoms with van der Waals surface area (Å²) < 4.78 is 32.3. The van der Waals surface area contributed by atoms with Gasteiger partial charge in [0.05, 0.1) is 28.8 Å². The van der Waals surface area contributed by atoms with Crippen molar-refractivity contribution in [3.05, 3.63) is 57.6 Å². The summed E-state index contributed by atoms with van der Waals surface area (Å²) in [6.45, 7) is 0.933. The second kappa shape index (κ2) is 8.68. The molecule has 0 saturated carbocycles. The van der Waals surface area contributed by atoms with Gasteiger partial charge in [-0.1, -0.05) is 23.2 Å². The molecule has 0 aromatic heterocycles. The Bertz CT molecular complexity index is 1050. The number of nitrogens with two attached hydrogens (primary N) is 1. The number of carbonyl (C=O) groups excluding carboxylic acids is 2. The van der Waals surface area contributed by atoms with Crippen molar-refractivity contribution in [1.82, 2.24) is 4.31 Å². The Morgan fingerprint density at radius 1 is 1.03 bits per heavy atom. The number of ether oxygens (including phenoxy) is 1. The van der Waals surface area contributed by atoms with Crippen LogP contribution in [0.15, 0.2) is 41.3 Å². The zero-order valence-corrected chi connectivity index (χ0v) is 17.4. The fourth-order valence-corrected chi connectivity index (χ4v) is 4.98. The number of rotatable bonds is 5. The van der Waals surface area contributed by atoms with Crippen molar-refractivity contribution in [1.29, 1.82) is 0 Å². The lowest BCUT2D eigenvalue weighted by molar-refractivity contribution is 0.0730. The molecule has 0 unspecified atom stereocenters. The van der Waals surface area contributed by atoms with Crippen molar-refractivity contribution in [2.75, 3.05) is 31.6 Å². The average Bonchev–Trinajstić information content (AvgIpc) is 2.68. The summed E-state index contributed by atoms with van der Waals surface area (Å²) in [4.78, 5) is 23.6. The Balaban J connectivity index is 1.90. The van der Waals surface area contributed by atoms with Crippen LogP contribution in [0.2, 0.25) is 10.0 Å². The first-order chi connectivity index (χ1) is 13.7.